The van der Waals surface area contributed by atoms with Gasteiger partial charge >= 0.3 is 6.03 Å². The minimum atomic E-state index is -0.914. The molecule has 3 aromatic rings. The maximum atomic E-state index is 13.3. The zero-order chi connectivity index (χ0) is 23.3. The number of hydrogen-bond acceptors (Lipinski definition) is 4. The second-order valence-corrected chi connectivity index (χ2v) is 9.28. The van der Waals surface area contributed by atoms with Gasteiger partial charge in [-0.05, 0) is 62.4 Å². The Morgan fingerprint density at radius 2 is 2.09 bits per heavy atom. The fourth-order valence-corrected chi connectivity index (χ4v) is 5.30. The van der Waals surface area contributed by atoms with Gasteiger partial charge in [0.25, 0.3) is 5.91 Å². The zero-order valence-corrected chi connectivity index (χ0v) is 18.9. The van der Waals surface area contributed by atoms with E-state index in [9.17, 15) is 9.59 Å². The van der Waals surface area contributed by atoms with Gasteiger partial charge in [-0.3, -0.25) is 4.79 Å². The minimum Gasteiger partial charge on any atom is -0.387 e. The molecule has 2 fully saturated rings. The summed E-state index contributed by atoms with van der Waals surface area (Å²) in [6.07, 6.45) is 5.73. The Labute approximate surface area is 191 Å². The molecule has 3 heterocycles. The molecule has 3 amide bonds. The van der Waals surface area contributed by atoms with Crippen LogP contribution in [0.2, 0.25) is 0 Å². The number of urea groups is 1. The van der Waals surface area contributed by atoms with Crippen LogP contribution in [0.15, 0.2) is 47.7 Å². The third kappa shape index (κ3) is 3.53. The molecular formula is C24H27N7O2. The number of nitrogens with two attached hydrogens (primary N) is 1. The third-order valence-electron chi connectivity index (χ3n) is 6.67. The number of fused-ring (bicyclic) bond motifs is 3. The van der Waals surface area contributed by atoms with Crippen molar-refractivity contribution in [3.63, 3.8) is 0 Å². The van der Waals surface area contributed by atoms with Gasteiger partial charge in [-0.25, -0.2) is 14.3 Å². The summed E-state index contributed by atoms with van der Waals surface area (Å²) in [6, 6.07) is 9.21. The van der Waals surface area contributed by atoms with Gasteiger partial charge in [0.2, 0.25) is 0 Å². The molecule has 0 spiro atoms. The van der Waals surface area contributed by atoms with Crippen LogP contribution in [0.25, 0.3) is 16.9 Å². The summed E-state index contributed by atoms with van der Waals surface area (Å²) in [7, 11) is 0. The van der Waals surface area contributed by atoms with Gasteiger partial charge in [-0.2, -0.15) is 4.99 Å². The maximum absolute atomic E-state index is 13.3. The number of nitrogens with zero attached hydrogens (tertiary/aromatic N) is 5. The van der Waals surface area contributed by atoms with Crippen LogP contribution in [0.3, 0.4) is 0 Å². The monoisotopic (exact) mass is 445 g/mol. The number of benzene rings is 1. The first-order valence-corrected chi connectivity index (χ1v) is 11.1. The van der Waals surface area contributed by atoms with Crippen LogP contribution in [0.5, 0.6) is 0 Å². The lowest BCUT2D eigenvalue weighted by Crippen LogP contribution is -2.75. The molecule has 9 heteroatoms. The number of amides is 3. The molecule has 2 unspecified atom stereocenters. The Balaban J connectivity index is 1.42. The van der Waals surface area contributed by atoms with Crippen LogP contribution in [-0.4, -0.2) is 48.9 Å². The van der Waals surface area contributed by atoms with E-state index in [4.69, 9.17) is 5.73 Å². The number of aromatic nitrogens is 3. The molecule has 170 valence electrons. The predicted molar refractivity (Wildman–Crippen MR) is 126 cm³/mol. The summed E-state index contributed by atoms with van der Waals surface area (Å²) < 4.78 is 1.77. The molecule has 1 aliphatic carbocycles. The van der Waals surface area contributed by atoms with E-state index in [1.165, 1.54) is 0 Å². The molecule has 2 aliphatic rings. The molecule has 1 saturated heterocycles. The molecular weight excluding hydrogens is 418 g/mol. The molecule has 9 nitrogen and oxygen atoms in total. The van der Waals surface area contributed by atoms with Gasteiger partial charge in [0.05, 0.1) is 17.5 Å². The van der Waals surface area contributed by atoms with Crippen LogP contribution < -0.4 is 11.1 Å². The van der Waals surface area contributed by atoms with Gasteiger partial charge < -0.3 is 16.0 Å². The van der Waals surface area contributed by atoms with E-state index in [0.717, 1.165) is 23.1 Å². The van der Waals surface area contributed by atoms with Crippen molar-refractivity contribution >= 4 is 29.0 Å². The van der Waals surface area contributed by atoms with Crippen molar-refractivity contribution in [2.24, 2.45) is 16.6 Å². The average Bonchev–Trinajstić information content (AvgIpc) is 3.21. The first-order valence-electron chi connectivity index (χ1n) is 11.1. The number of amidine groups is 1. The zero-order valence-electron chi connectivity index (χ0n) is 18.9. The minimum absolute atomic E-state index is 0.0235. The van der Waals surface area contributed by atoms with Crippen molar-refractivity contribution < 1.29 is 9.59 Å². The van der Waals surface area contributed by atoms with Crippen molar-refractivity contribution in [3.05, 3.63) is 48.3 Å². The summed E-state index contributed by atoms with van der Waals surface area (Å²) in [5.74, 6) is 0.788. The number of likely N-dealkylation sites (tertiary alicyclic amines) is 1. The van der Waals surface area contributed by atoms with E-state index >= 15 is 0 Å². The van der Waals surface area contributed by atoms with Gasteiger partial charge in [-0.15, -0.1) is 5.10 Å². The first-order chi connectivity index (χ1) is 15.8. The topological polar surface area (TPSA) is 118 Å². The Kier molecular flexibility index (Phi) is 4.92. The lowest BCUT2D eigenvalue weighted by atomic mass is 9.64. The highest BCUT2D eigenvalue weighted by Crippen LogP contribution is 2.50. The first kappa shape index (κ1) is 21.1. The van der Waals surface area contributed by atoms with Crippen molar-refractivity contribution in [2.75, 3.05) is 5.32 Å². The van der Waals surface area contributed by atoms with E-state index in [1.807, 2.05) is 43.5 Å². The molecule has 1 aliphatic heterocycles. The molecule has 0 radical (unpaired) electrons. The van der Waals surface area contributed by atoms with Gasteiger partial charge in [-0.1, -0.05) is 13.0 Å². The standard InChI is InChI=1S/C24H27N7O2/c1-14-9-19-12-24(11-14,22(32)27-16(3)25)31(19)23(33)28-17-7-6-15(2)20(10-17)21-26-13-18-5-4-8-30(18)29-21/h4-8,10,13-14,19H,9,11-12H2,1-3H3,(H,28,33)(H2,25,27,32)/t14-,19?,24?/m0/s1. The number of aryl methyl sites for hydroxylation is 1. The van der Waals surface area contributed by atoms with Gasteiger partial charge in [0, 0.05) is 29.9 Å². The molecule has 2 bridgehead atoms. The number of piperidine rings is 1. The van der Waals surface area contributed by atoms with Crippen molar-refractivity contribution in [2.45, 2.75) is 51.6 Å². The second-order valence-electron chi connectivity index (χ2n) is 9.28. The van der Waals surface area contributed by atoms with Gasteiger partial charge in [0.1, 0.15) is 5.54 Å². The summed E-state index contributed by atoms with van der Waals surface area (Å²) in [4.78, 5) is 36.4. The van der Waals surface area contributed by atoms with Crippen LogP contribution in [0.1, 0.15) is 38.7 Å². The second kappa shape index (κ2) is 7.68. The number of anilines is 1. The number of aliphatic imine (C=N–C) groups is 1. The number of carbonyl (C=O) groups excluding carboxylic acids is 2. The van der Waals surface area contributed by atoms with Crippen LogP contribution in [0.4, 0.5) is 10.5 Å². The van der Waals surface area contributed by atoms with E-state index in [2.05, 4.69) is 27.3 Å². The summed E-state index contributed by atoms with van der Waals surface area (Å²) >= 11 is 0. The SMILES string of the molecule is CC(N)=NC(=O)C12CC(C[C@H](C)C1)N2C(=O)Nc1ccc(C)c(-c2ncc3cccn3n2)c1. The Morgan fingerprint density at radius 3 is 2.88 bits per heavy atom. The number of nitrogens with one attached hydrogen (secondary N) is 1. The summed E-state index contributed by atoms with van der Waals surface area (Å²) in [5, 5.41) is 7.56. The predicted octanol–water partition coefficient (Wildman–Crippen LogP) is 3.38. The van der Waals surface area contributed by atoms with Crippen LogP contribution >= 0.6 is 0 Å². The van der Waals surface area contributed by atoms with E-state index in [-0.39, 0.29) is 23.8 Å². The van der Waals surface area contributed by atoms with Crippen molar-refractivity contribution in [3.8, 4) is 11.4 Å². The highest BCUT2D eigenvalue weighted by Gasteiger charge is 2.62. The summed E-state index contributed by atoms with van der Waals surface area (Å²) in [5.41, 5.74) is 8.10. The van der Waals surface area contributed by atoms with E-state index in [1.54, 1.807) is 22.5 Å². The normalized spacial score (nSPS) is 24.5. The molecule has 1 saturated carbocycles. The van der Waals surface area contributed by atoms with E-state index in [0.29, 0.717) is 30.3 Å². The quantitative estimate of drug-likeness (QED) is 0.473. The lowest BCUT2D eigenvalue weighted by molar-refractivity contribution is -0.151. The number of carbonyl (C=O) groups is 2. The van der Waals surface area contributed by atoms with Crippen LogP contribution in [0, 0.1) is 12.8 Å². The molecule has 5 rings (SSSR count). The summed E-state index contributed by atoms with van der Waals surface area (Å²) in [6.45, 7) is 5.67. The van der Waals surface area contributed by atoms with Gasteiger partial charge in [0.15, 0.2) is 5.82 Å². The Morgan fingerprint density at radius 1 is 1.27 bits per heavy atom. The molecule has 3 atom stereocenters. The molecule has 2 aromatic heterocycles. The fraction of sp³-hybridized carbons (Fsp3) is 0.375. The molecule has 33 heavy (non-hydrogen) atoms. The molecule has 3 N–H and O–H groups in total. The lowest BCUT2D eigenvalue weighted by Gasteiger charge is -2.61. The average molecular weight is 446 g/mol. The maximum Gasteiger partial charge on any atom is 0.323 e. The molecule has 1 aromatic carbocycles. The number of rotatable bonds is 3. The highest BCUT2D eigenvalue weighted by molar-refractivity contribution is 6.02. The fourth-order valence-electron chi connectivity index (χ4n) is 5.30. The number of hydrogen-bond donors (Lipinski definition) is 2. The Hall–Kier alpha value is -3.75. The largest absolute Gasteiger partial charge is 0.387 e. The highest BCUT2D eigenvalue weighted by atomic mass is 16.2. The van der Waals surface area contributed by atoms with Crippen molar-refractivity contribution in [1.29, 1.82) is 0 Å². The Bertz CT molecular complexity index is 1290. The smallest absolute Gasteiger partial charge is 0.323 e. The van der Waals surface area contributed by atoms with Crippen LogP contribution in [-0.2, 0) is 4.79 Å². The van der Waals surface area contributed by atoms with Crippen molar-refractivity contribution in [1.82, 2.24) is 19.5 Å². The van der Waals surface area contributed by atoms with E-state index < -0.39 is 5.54 Å². The third-order valence-corrected chi connectivity index (χ3v) is 6.67.